The lowest BCUT2D eigenvalue weighted by molar-refractivity contribution is 0.499. The zero-order valence-corrected chi connectivity index (χ0v) is 18.7. The van der Waals surface area contributed by atoms with Crippen LogP contribution in [0.5, 0.6) is 0 Å². The summed E-state index contributed by atoms with van der Waals surface area (Å²) in [6.07, 6.45) is 1.54. The molecule has 0 aliphatic heterocycles. The van der Waals surface area contributed by atoms with E-state index in [2.05, 4.69) is 22.1 Å². The molecule has 9 nitrogen and oxygen atoms in total. The molecule has 0 saturated carbocycles. The maximum absolute atomic E-state index is 12.8. The monoisotopic (exact) mass is 452 g/mol. The van der Waals surface area contributed by atoms with Gasteiger partial charge in [-0.2, -0.15) is 4.31 Å². The molecule has 2 aromatic carbocycles. The first-order valence-electron chi connectivity index (χ1n) is 10.1. The number of hydrogen-bond acceptors (Lipinski definition) is 6. The summed E-state index contributed by atoms with van der Waals surface area (Å²) in [4.78, 5) is 13.0. The highest BCUT2D eigenvalue weighted by Crippen LogP contribution is 2.19. The summed E-state index contributed by atoms with van der Waals surface area (Å²) in [6, 6.07) is 13.9. The van der Waals surface area contributed by atoms with Gasteiger partial charge in [-0.1, -0.05) is 18.2 Å². The molecule has 0 spiro atoms. The van der Waals surface area contributed by atoms with E-state index in [0.29, 0.717) is 30.1 Å². The molecule has 0 aliphatic carbocycles. The van der Waals surface area contributed by atoms with Gasteiger partial charge in [-0.25, -0.2) is 8.42 Å². The predicted octanol–water partition coefficient (Wildman–Crippen LogP) is 2.48. The van der Waals surface area contributed by atoms with Crippen LogP contribution >= 0.6 is 0 Å². The molecule has 0 radical (unpaired) electrons. The van der Waals surface area contributed by atoms with Crippen molar-refractivity contribution < 1.29 is 8.42 Å². The number of fused-ring (bicyclic) bond motifs is 3. The van der Waals surface area contributed by atoms with E-state index in [-0.39, 0.29) is 17.0 Å². The number of likely N-dealkylation sites (N-methyl/N-ethyl adjacent to an activating group) is 1. The van der Waals surface area contributed by atoms with E-state index in [1.807, 2.05) is 29.5 Å². The van der Waals surface area contributed by atoms with Gasteiger partial charge in [-0.3, -0.25) is 13.8 Å². The van der Waals surface area contributed by atoms with Gasteiger partial charge in [0.25, 0.3) is 5.56 Å². The molecular weight excluding hydrogens is 428 g/mol. The van der Waals surface area contributed by atoms with E-state index in [1.54, 1.807) is 34.9 Å². The maximum Gasteiger partial charge on any atom is 0.262 e. The van der Waals surface area contributed by atoms with E-state index in [0.717, 1.165) is 11.2 Å². The van der Waals surface area contributed by atoms with Crippen LogP contribution in [0.2, 0.25) is 0 Å². The normalized spacial score (nSPS) is 12.0. The van der Waals surface area contributed by atoms with E-state index in [1.165, 1.54) is 17.4 Å². The molecule has 0 atom stereocenters. The van der Waals surface area contributed by atoms with Crippen LogP contribution in [-0.4, -0.2) is 45.5 Å². The van der Waals surface area contributed by atoms with Crippen molar-refractivity contribution in [2.75, 3.05) is 18.9 Å². The second-order valence-electron chi connectivity index (χ2n) is 7.27. The summed E-state index contributed by atoms with van der Waals surface area (Å²) in [5.74, 6) is 1.13. The van der Waals surface area contributed by atoms with E-state index in [9.17, 15) is 13.2 Å². The third-order valence-electron chi connectivity index (χ3n) is 5.29. The van der Waals surface area contributed by atoms with Crippen LogP contribution in [0.15, 0.2) is 70.9 Å². The van der Waals surface area contributed by atoms with Crippen LogP contribution < -0.4 is 10.9 Å². The van der Waals surface area contributed by atoms with Crippen LogP contribution in [0.25, 0.3) is 16.7 Å². The van der Waals surface area contributed by atoms with Gasteiger partial charge in [0.05, 0.1) is 22.3 Å². The van der Waals surface area contributed by atoms with Gasteiger partial charge in [0.1, 0.15) is 0 Å². The Kier molecular flexibility index (Phi) is 5.81. The first kappa shape index (κ1) is 21.7. The van der Waals surface area contributed by atoms with Crippen LogP contribution in [0.4, 0.5) is 5.69 Å². The molecule has 2 aromatic heterocycles. The highest BCUT2D eigenvalue weighted by Gasteiger charge is 2.19. The molecule has 166 valence electrons. The second-order valence-corrected chi connectivity index (χ2v) is 9.32. The van der Waals surface area contributed by atoms with E-state index in [4.69, 9.17) is 0 Å². The number of sulfonamides is 1. The largest absolute Gasteiger partial charge is 0.378 e. The van der Waals surface area contributed by atoms with Crippen molar-refractivity contribution in [1.82, 2.24) is 23.5 Å². The number of nitrogens with one attached hydrogen (secondary N) is 1. The Morgan fingerprint density at radius 3 is 2.53 bits per heavy atom. The topological polar surface area (TPSA) is 102 Å². The molecule has 0 fully saturated rings. The molecule has 1 N–H and O–H groups in total. The average Bonchev–Trinajstić information content (AvgIpc) is 3.22. The average molecular weight is 453 g/mol. The van der Waals surface area contributed by atoms with Crippen molar-refractivity contribution in [3.63, 3.8) is 0 Å². The molecule has 0 unspecified atom stereocenters. The highest BCUT2D eigenvalue weighted by atomic mass is 32.2. The summed E-state index contributed by atoms with van der Waals surface area (Å²) in [6.45, 7) is 6.53. The first-order valence-corrected chi connectivity index (χ1v) is 11.6. The van der Waals surface area contributed by atoms with E-state index >= 15 is 0 Å². The Morgan fingerprint density at radius 1 is 1.12 bits per heavy atom. The molecule has 32 heavy (non-hydrogen) atoms. The third-order valence-corrected chi connectivity index (χ3v) is 7.13. The molecule has 0 aliphatic rings. The van der Waals surface area contributed by atoms with Gasteiger partial charge >= 0.3 is 0 Å². The van der Waals surface area contributed by atoms with Gasteiger partial charge < -0.3 is 5.32 Å². The molecule has 0 bridgehead atoms. The number of aryl methyl sites for hydroxylation is 1. The summed E-state index contributed by atoms with van der Waals surface area (Å²) in [5, 5.41) is 12.4. The Hall–Kier alpha value is -3.50. The third kappa shape index (κ3) is 3.67. The number of aromatic nitrogens is 4. The lowest BCUT2D eigenvalue weighted by atomic mass is 10.2. The molecule has 2 heterocycles. The molecule has 4 rings (SSSR count). The Morgan fingerprint density at radius 2 is 1.84 bits per heavy atom. The predicted molar refractivity (Wildman–Crippen MR) is 124 cm³/mol. The fourth-order valence-electron chi connectivity index (χ4n) is 3.60. The number of hydrogen-bond donors (Lipinski definition) is 1. The minimum absolute atomic E-state index is 0.0965. The van der Waals surface area contributed by atoms with Gasteiger partial charge in [0.15, 0.2) is 5.82 Å². The van der Waals surface area contributed by atoms with Gasteiger partial charge in [0.2, 0.25) is 15.8 Å². The summed E-state index contributed by atoms with van der Waals surface area (Å²) in [5.41, 5.74) is 1.38. The lowest BCUT2D eigenvalue weighted by Crippen LogP contribution is -2.26. The fourth-order valence-corrected chi connectivity index (χ4v) is 4.74. The summed E-state index contributed by atoms with van der Waals surface area (Å²) >= 11 is 0. The fraction of sp³-hybridized carbons (Fsp3) is 0.227. The van der Waals surface area contributed by atoms with Gasteiger partial charge in [-0.05, 0) is 43.3 Å². The molecule has 0 amide bonds. The molecule has 4 aromatic rings. The quantitative estimate of drug-likeness (QED) is 0.412. The number of rotatable bonds is 8. The standard InChI is InChI=1S/C22H24N6O3S/c1-4-14-26(3)32(30,31)17-12-10-16(11-13-17)23-15-20-24-25-22-27(5-2)21(29)18-8-6-7-9-19(18)28(20)22/h4,6-13,23H,1,5,14-15H2,2-3H3. The zero-order valence-electron chi connectivity index (χ0n) is 17.9. The van der Waals surface area contributed by atoms with Crippen molar-refractivity contribution in [1.29, 1.82) is 0 Å². The number of benzene rings is 2. The first-order chi connectivity index (χ1) is 15.4. The zero-order chi connectivity index (χ0) is 22.9. The second kappa shape index (κ2) is 8.56. The Bertz CT molecular complexity index is 1460. The van der Waals surface area contributed by atoms with Crippen molar-refractivity contribution in [3.8, 4) is 0 Å². The van der Waals surface area contributed by atoms with Gasteiger partial charge in [-0.15, -0.1) is 16.8 Å². The minimum atomic E-state index is -3.57. The molecule has 10 heteroatoms. The summed E-state index contributed by atoms with van der Waals surface area (Å²) in [7, 11) is -2.05. The number of anilines is 1. The Balaban J connectivity index is 1.64. The van der Waals surface area contributed by atoms with Gasteiger partial charge in [0, 0.05) is 25.8 Å². The highest BCUT2D eigenvalue weighted by molar-refractivity contribution is 7.89. The van der Waals surface area contributed by atoms with Crippen LogP contribution in [0.3, 0.4) is 0 Å². The van der Waals surface area contributed by atoms with Crippen molar-refractivity contribution in [2.45, 2.75) is 24.9 Å². The molecule has 0 saturated heterocycles. The summed E-state index contributed by atoms with van der Waals surface area (Å²) < 4.78 is 29.8. The van der Waals surface area contributed by atoms with Crippen molar-refractivity contribution in [3.05, 3.63) is 77.4 Å². The lowest BCUT2D eigenvalue weighted by Gasteiger charge is -2.15. The minimum Gasteiger partial charge on any atom is -0.378 e. The Labute approximate surface area is 185 Å². The number of nitrogens with zero attached hydrogens (tertiary/aromatic N) is 5. The van der Waals surface area contributed by atoms with Crippen molar-refractivity contribution in [2.24, 2.45) is 0 Å². The molecular formula is C22H24N6O3S. The SMILES string of the molecule is C=CCN(C)S(=O)(=O)c1ccc(NCc2nnc3n(CC)c(=O)c4ccccc4n23)cc1. The van der Waals surface area contributed by atoms with Crippen LogP contribution in [-0.2, 0) is 23.1 Å². The smallest absolute Gasteiger partial charge is 0.262 e. The van der Waals surface area contributed by atoms with Crippen molar-refractivity contribution >= 4 is 32.4 Å². The van der Waals surface area contributed by atoms with Crippen LogP contribution in [0.1, 0.15) is 12.7 Å². The number of para-hydroxylation sites is 1. The van der Waals surface area contributed by atoms with E-state index < -0.39 is 10.0 Å². The van der Waals surface area contributed by atoms with Crippen LogP contribution in [0, 0.1) is 0 Å². The maximum atomic E-state index is 12.8.